The molecule has 0 aromatic rings. The van der Waals surface area contributed by atoms with Crippen LogP contribution in [0.4, 0.5) is 0 Å². The molecular weight excluding hydrogens is 150 g/mol. The van der Waals surface area contributed by atoms with E-state index in [9.17, 15) is 0 Å². The monoisotopic (exact) mass is 169 g/mol. The van der Waals surface area contributed by atoms with Gasteiger partial charge in [-0.1, -0.05) is 19.8 Å². The number of nitrogens with one attached hydrogen (secondary N) is 1. The molecule has 2 heteroatoms. The molecule has 1 saturated heterocycles. The molecule has 2 nitrogen and oxygen atoms in total. The molecule has 70 valence electrons. The SMILES string of the molecule is CC1CCCC(NC2COC2)C1. The highest BCUT2D eigenvalue weighted by Crippen LogP contribution is 2.24. The molecule has 1 N–H and O–H groups in total. The van der Waals surface area contributed by atoms with Gasteiger partial charge in [-0.2, -0.15) is 0 Å². The minimum Gasteiger partial charge on any atom is -0.378 e. The number of rotatable bonds is 2. The van der Waals surface area contributed by atoms with Gasteiger partial charge in [0.2, 0.25) is 0 Å². The van der Waals surface area contributed by atoms with E-state index in [0.717, 1.165) is 25.2 Å². The van der Waals surface area contributed by atoms with Gasteiger partial charge >= 0.3 is 0 Å². The van der Waals surface area contributed by atoms with Crippen molar-refractivity contribution in [3.8, 4) is 0 Å². The van der Waals surface area contributed by atoms with E-state index < -0.39 is 0 Å². The van der Waals surface area contributed by atoms with E-state index in [0.29, 0.717) is 6.04 Å². The third-order valence-corrected chi connectivity index (χ3v) is 3.05. The van der Waals surface area contributed by atoms with Crippen LogP contribution in [0.5, 0.6) is 0 Å². The molecule has 1 aliphatic carbocycles. The molecule has 2 atom stereocenters. The molecule has 2 unspecified atom stereocenters. The lowest BCUT2D eigenvalue weighted by Gasteiger charge is -2.35. The van der Waals surface area contributed by atoms with E-state index in [4.69, 9.17) is 4.74 Å². The summed E-state index contributed by atoms with van der Waals surface area (Å²) in [5, 5.41) is 3.66. The summed E-state index contributed by atoms with van der Waals surface area (Å²) in [4.78, 5) is 0. The van der Waals surface area contributed by atoms with Gasteiger partial charge in [0.15, 0.2) is 0 Å². The lowest BCUT2D eigenvalue weighted by Crippen LogP contribution is -2.51. The first kappa shape index (κ1) is 8.52. The topological polar surface area (TPSA) is 21.3 Å². The summed E-state index contributed by atoms with van der Waals surface area (Å²) in [6.45, 7) is 4.24. The second kappa shape index (κ2) is 3.75. The van der Waals surface area contributed by atoms with Crippen LogP contribution in [0.2, 0.25) is 0 Å². The summed E-state index contributed by atoms with van der Waals surface area (Å²) in [6, 6.07) is 1.45. The van der Waals surface area contributed by atoms with Crippen LogP contribution in [0.1, 0.15) is 32.6 Å². The molecule has 0 radical (unpaired) electrons. The molecule has 2 aliphatic rings. The minimum absolute atomic E-state index is 0.667. The predicted octanol–water partition coefficient (Wildman–Crippen LogP) is 1.55. The first-order chi connectivity index (χ1) is 5.84. The molecule has 2 fully saturated rings. The smallest absolute Gasteiger partial charge is 0.0643 e. The Balaban J connectivity index is 1.71. The van der Waals surface area contributed by atoms with Crippen molar-refractivity contribution in [3.05, 3.63) is 0 Å². The van der Waals surface area contributed by atoms with Gasteiger partial charge in [-0.05, 0) is 18.8 Å². The van der Waals surface area contributed by atoms with Gasteiger partial charge in [0, 0.05) is 6.04 Å². The van der Waals surface area contributed by atoms with Crippen LogP contribution in [0.25, 0.3) is 0 Å². The van der Waals surface area contributed by atoms with Gasteiger partial charge in [0.05, 0.1) is 19.3 Å². The normalized spacial score (nSPS) is 37.8. The Kier molecular flexibility index (Phi) is 2.66. The van der Waals surface area contributed by atoms with Crippen LogP contribution >= 0.6 is 0 Å². The highest BCUT2D eigenvalue weighted by atomic mass is 16.5. The maximum Gasteiger partial charge on any atom is 0.0643 e. The van der Waals surface area contributed by atoms with Crippen molar-refractivity contribution in [2.24, 2.45) is 5.92 Å². The highest BCUT2D eigenvalue weighted by Gasteiger charge is 2.24. The lowest BCUT2D eigenvalue weighted by atomic mass is 9.86. The van der Waals surface area contributed by atoms with Crippen LogP contribution in [0.15, 0.2) is 0 Å². The molecule has 0 aromatic heterocycles. The second-order valence-electron chi connectivity index (χ2n) is 4.37. The van der Waals surface area contributed by atoms with Crippen molar-refractivity contribution in [2.75, 3.05) is 13.2 Å². The molecule has 2 rings (SSSR count). The fraction of sp³-hybridized carbons (Fsp3) is 1.00. The minimum atomic E-state index is 0.667. The summed E-state index contributed by atoms with van der Waals surface area (Å²) in [7, 11) is 0. The fourth-order valence-corrected chi connectivity index (χ4v) is 2.25. The molecule has 12 heavy (non-hydrogen) atoms. The largest absolute Gasteiger partial charge is 0.378 e. The Hall–Kier alpha value is -0.0800. The lowest BCUT2D eigenvalue weighted by molar-refractivity contribution is -0.0129. The molecule has 1 saturated carbocycles. The number of hydrogen-bond donors (Lipinski definition) is 1. The summed E-state index contributed by atoms with van der Waals surface area (Å²) in [5.74, 6) is 0.928. The fourth-order valence-electron chi connectivity index (χ4n) is 2.25. The average molecular weight is 169 g/mol. The average Bonchev–Trinajstić information content (AvgIpc) is 1.97. The van der Waals surface area contributed by atoms with E-state index >= 15 is 0 Å². The van der Waals surface area contributed by atoms with Gasteiger partial charge in [-0.3, -0.25) is 0 Å². The van der Waals surface area contributed by atoms with Crippen molar-refractivity contribution >= 4 is 0 Å². The van der Waals surface area contributed by atoms with Crippen LogP contribution in [-0.4, -0.2) is 25.3 Å². The first-order valence-electron chi connectivity index (χ1n) is 5.18. The Labute approximate surface area is 74.7 Å². The van der Waals surface area contributed by atoms with Crippen molar-refractivity contribution in [1.29, 1.82) is 0 Å². The van der Waals surface area contributed by atoms with Crippen LogP contribution in [0.3, 0.4) is 0 Å². The van der Waals surface area contributed by atoms with E-state index in [1.165, 1.54) is 25.7 Å². The quantitative estimate of drug-likeness (QED) is 0.677. The zero-order valence-corrected chi connectivity index (χ0v) is 7.88. The third kappa shape index (κ3) is 1.99. The Morgan fingerprint density at radius 2 is 2.00 bits per heavy atom. The molecule has 0 bridgehead atoms. The zero-order valence-electron chi connectivity index (χ0n) is 7.88. The number of ether oxygens (including phenoxy) is 1. The van der Waals surface area contributed by atoms with E-state index in [1.807, 2.05) is 0 Å². The summed E-state index contributed by atoms with van der Waals surface area (Å²) < 4.78 is 5.14. The standard InChI is InChI=1S/C10H19NO/c1-8-3-2-4-9(5-8)11-10-6-12-7-10/h8-11H,2-7H2,1H3. The predicted molar refractivity (Wildman–Crippen MR) is 49.2 cm³/mol. The molecule has 1 aliphatic heterocycles. The van der Waals surface area contributed by atoms with E-state index in [-0.39, 0.29) is 0 Å². The van der Waals surface area contributed by atoms with Crippen molar-refractivity contribution < 1.29 is 4.74 Å². The van der Waals surface area contributed by atoms with Gasteiger partial charge in [0.25, 0.3) is 0 Å². The van der Waals surface area contributed by atoms with Crippen molar-refractivity contribution in [1.82, 2.24) is 5.32 Å². The maximum absolute atomic E-state index is 5.14. The Morgan fingerprint density at radius 1 is 1.17 bits per heavy atom. The van der Waals surface area contributed by atoms with Gasteiger partial charge in [-0.15, -0.1) is 0 Å². The summed E-state index contributed by atoms with van der Waals surface area (Å²) in [6.07, 6.45) is 5.59. The van der Waals surface area contributed by atoms with Crippen LogP contribution in [0, 0.1) is 5.92 Å². The van der Waals surface area contributed by atoms with E-state index in [1.54, 1.807) is 0 Å². The maximum atomic E-state index is 5.14. The zero-order chi connectivity index (χ0) is 8.39. The molecular formula is C10H19NO. The van der Waals surface area contributed by atoms with Crippen molar-refractivity contribution in [2.45, 2.75) is 44.7 Å². The summed E-state index contributed by atoms with van der Waals surface area (Å²) in [5.41, 5.74) is 0. The van der Waals surface area contributed by atoms with Crippen molar-refractivity contribution in [3.63, 3.8) is 0 Å². The molecule has 0 amide bonds. The van der Waals surface area contributed by atoms with E-state index in [2.05, 4.69) is 12.2 Å². The summed E-state index contributed by atoms with van der Waals surface area (Å²) >= 11 is 0. The van der Waals surface area contributed by atoms with Crippen LogP contribution in [-0.2, 0) is 4.74 Å². The van der Waals surface area contributed by atoms with Crippen LogP contribution < -0.4 is 5.32 Å². The first-order valence-corrected chi connectivity index (χ1v) is 5.18. The van der Waals surface area contributed by atoms with Gasteiger partial charge < -0.3 is 10.1 Å². The molecule has 1 heterocycles. The Morgan fingerprint density at radius 3 is 2.58 bits per heavy atom. The number of hydrogen-bond acceptors (Lipinski definition) is 2. The highest BCUT2D eigenvalue weighted by molar-refractivity contribution is 4.82. The molecule has 0 aromatic carbocycles. The third-order valence-electron chi connectivity index (χ3n) is 3.05. The molecule has 0 spiro atoms. The second-order valence-corrected chi connectivity index (χ2v) is 4.37. The van der Waals surface area contributed by atoms with Gasteiger partial charge in [0.1, 0.15) is 0 Å². The Bertz CT molecular complexity index is 145. The van der Waals surface area contributed by atoms with Gasteiger partial charge in [-0.25, -0.2) is 0 Å².